The van der Waals surface area contributed by atoms with Gasteiger partial charge in [0.15, 0.2) is 0 Å². The molecule has 2 atom stereocenters. The number of alkyl halides is 1. The van der Waals surface area contributed by atoms with E-state index < -0.39 is 0 Å². The summed E-state index contributed by atoms with van der Waals surface area (Å²) in [6.07, 6.45) is 8.97. The first-order chi connectivity index (χ1) is 7.81. The molecule has 90 valence electrons. The number of aromatic nitrogens is 3. The molecule has 1 saturated carbocycles. The van der Waals surface area contributed by atoms with E-state index in [9.17, 15) is 0 Å². The molecule has 1 aliphatic rings. The Balaban J connectivity index is 2.01. The quantitative estimate of drug-likeness (QED) is 0.602. The van der Waals surface area contributed by atoms with Crippen LogP contribution in [-0.4, -0.2) is 20.1 Å². The van der Waals surface area contributed by atoms with Crippen molar-refractivity contribution in [1.82, 2.24) is 14.8 Å². The number of rotatable bonds is 3. The Morgan fingerprint density at radius 3 is 3.00 bits per heavy atom. The number of halogens is 1. The lowest BCUT2D eigenvalue weighted by Gasteiger charge is -2.18. The molecule has 1 aliphatic carbocycles. The minimum atomic E-state index is 0.324. The van der Waals surface area contributed by atoms with Crippen molar-refractivity contribution in [2.75, 3.05) is 0 Å². The summed E-state index contributed by atoms with van der Waals surface area (Å²) in [7, 11) is 0. The largest absolute Gasteiger partial charge is 0.250 e. The minimum Gasteiger partial charge on any atom is -0.250 e. The fourth-order valence-corrected chi connectivity index (χ4v) is 2.88. The van der Waals surface area contributed by atoms with Crippen molar-refractivity contribution >= 4 is 11.6 Å². The zero-order valence-corrected chi connectivity index (χ0v) is 10.7. The number of hydrogen-bond donors (Lipinski definition) is 0. The maximum Gasteiger partial charge on any atom is 0.138 e. The first kappa shape index (κ1) is 11.9. The van der Waals surface area contributed by atoms with Crippen LogP contribution >= 0.6 is 11.6 Å². The van der Waals surface area contributed by atoms with Crippen LogP contribution in [-0.2, 0) is 13.0 Å². The van der Waals surface area contributed by atoms with Crippen molar-refractivity contribution in [2.24, 2.45) is 5.92 Å². The first-order valence-electron chi connectivity index (χ1n) is 6.32. The normalized spacial score (nSPS) is 26.6. The van der Waals surface area contributed by atoms with Gasteiger partial charge < -0.3 is 0 Å². The minimum absolute atomic E-state index is 0.324. The van der Waals surface area contributed by atoms with Crippen LogP contribution in [0.15, 0.2) is 6.33 Å². The Kier molecular flexibility index (Phi) is 4.22. The number of hydrogen-bond acceptors (Lipinski definition) is 2. The zero-order chi connectivity index (χ0) is 11.4. The molecule has 1 heterocycles. The van der Waals surface area contributed by atoms with Crippen molar-refractivity contribution in [3.63, 3.8) is 0 Å². The van der Waals surface area contributed by atoms with Gasteiger partial charge in [-0.05, 0) is 25.7 Å². The van der Waals surface area contributed by atoms with Crippen molar-refractivity contribution in [3.05, 3.63) is 12.2 Å². The van der Waals surface area contributed by atoms with Crippen LogP contribution in [0, 0.1) is 5.92 Å². The second-order valence-corrected chi connectivity index (χ2v) is 5.17. The summed E-state index contributed by atoms with van der Waals surface area (Å²) in [6.45, 7) is 3.00. The molecule has 2 rings (SSSR count). The Labute approximate surface area is 102 Å². The van der Waals surface area contributed by atoms with Gasteiger partial charge in [0.25, 0.3) is 0 Å². The second-order valence-electron chi connectivity index (χ2n) is 4.61. The molecule has 0 saturated heterocycles. The maximum atomic E-state index is 6.44. The van der Waals surface area contributed by atoms with Crippen LogP contribution in [0.4, 0.5) is 0 Å². The van der Waals surface area contributed by atoms with Gasteiger partial charge in [0.1, 0.15) is 12.2 Å². The van der Waals surface area contributed by atoms with Gasteiger partial charge >= 0.3 is 0 Å². The Morgan fingerprint density at radius 1 is 1.38 bits per heavy atom. The topological polar surface area (TPSA) is 30.7 Å². The Morgan fingerprint density at radius 2 is 2.19 bits per heavy atom. The van der Waals surface area contributed by atoms with E-state index in [0.717, 1.165) is 25.2 Å². The molecule has 0 amide bonds. The third kappa shape index (κ3) is 2.76. The molecule has 4 heteroatoms. The molecule has 3 nitrogen and oxygen atoms in total. The van der Waals surface area contributed by atoms with E-state index in [0.29, 0.717) is 11.3 Å². The van der Waals surface area contributed by atoms with E-state index in [1.54, 1.807) is 6.33 Å². The van der Waals surface area contributed by atoms with Crippen molar-refractivity contribution in [1.29, 1.82) is 0 Å². The molecule has 2 unspecified atom stereocenters. The van der Waals surface area contributed by atoms with E-state index in [4.69, 9.17) is 11.6 Å². The van der Waals surface area contributed by atoms with Gasteiger partial charge in [-0.3, -0.25) is 4.68 Å². The first-order valence-corrected chi connectivity index (χ1v) is 6.75. The van der Waals surface area contributed by atoms with Gasteiger partial charge in [-0.2, -0.15) is 5.10 Å². The summed E-state index contributed by atoms with van der Waals surface area (Å²) in [5, 5.41) is 4.53. The summed E-state index contributed by atoms with van der Waals surface area (Å²) >= 11 is 6.44. The zero-order valence-electron chi connectivity index (χ0n) is 9.90. The Bertz CT molecular complexity index is 324. The van der Waals surface area contributed by atoms with Crippen LogP contribution in [0.1, 0.15) is 44.9 Å². The fourth-order valence-electron chi connectivity index (χ4n) is 2.51. The van der Waals surface area contributed by atoms with E-state index in [1.807, 2.05) is 4.68 Å². The highest BCUT2D eigenvalue weighted by atomic mass is 35.5. The van der Waals surface area contributed by atoms with Gasteiger partial charge in [0, 0.05) is 18.3 Å². The summed E-state index contributed by atoms with van der Waals surface area (Å²) in [6, 6.07) is 0. The summed E-state index contributed by atoms with van der Waals surface area (Å²) < 4.78 is 1.98. The summed E-state index contributed by atoms with van der Waals surface area (Å²) in [5.74, 6) is 1.68. The van der Waals surface area contributed by atoms with Crippen molar-refractivity contribution in [2.45, 2.75) is 57.4 Å². The summed E-state index contributed by atoms with van der Waals surface area (Å²) in [5.41, 5.74) is 0. The van der Waals surface area contributed by atoms with Gasteiger partial charge in [0.2, 0.25) is 0 Å². The molecule has 0 N–H and O–H groups in total. The van der Waals surface area contributed by atoms with Crippen LogP contribution < -0.4 is 0 Å². The maximum absolute atomic E-state index is 6.44. The third-order valence-electron chi connectivity index (χ3n) is 3.51. The molecule has 16 heavy (non-hydrogen) atoms. The van der Waals surface area contributed by atoms with Crippen molar-refractivity contribution < 1.29 is 0 Å². The van der Waals surface area contributed by atoms with Gasteiger partial charge in [-0.25, -0.2) is 4.98 Å². The Hall–Kier alpha value is -0.570. The summed E-state index contributed by atoms with van der Waals surface area (Å²) in [4.78, 5) is 4.34. The van der Waals surface area contributed by atoms with Gasteiger partial charge in [0.05, 0.1) is 0 Å². The van der Waals surface area contributed by atoms with Crippen LogP contribution in [0.5, 0.6) is 0 Å². The fraction of sp³-hybridized carbons (Fsp3) is 0.833. The molecule has 0 radical (unpaired) electrons. The van der Waals surface area contributed by atoms with Crippen LogP contribution in [0.2, 0.25) is 0 Å². The van der Waals surface area contributed by atoms with E-state index in [-0.39, 0.29) is 0 Å². The molecular weight excluding hydrogens is 222 g/mol. The molecule has 1 fully saturated rings. The van der Waals surface area contributed by atoms with Crippen LogP contribution in [0.25, 0.3) is 0 Å². The average Bonchev–Trinajstić information content (AvgIpc) is 2.64. The second kappa shape index (κ2) is 5.67. The van der Waals surface area contributed by atoms with Crippen molar-refractivity contribution in [3.8, 4) is 0 Å². The molecule has 0 bridgehead atoms. The van der Waals surface area contributed by atoms with E-state index >= 15 is 0 Å². The standard InChI is InChI=1S/C12H20ClN3/c1-2-16-12(14-9-15-16)8-10-6-4-3-5-7-11(10)13/h9-11H,2-8H2,1H3. The van der Waals surface area contributed by atoms with Gasteiger partial charge in [-0.1, -0.05) is 19.3 Å². The molecule has 0 aliphatic heterocycles. The monoisotopic (exact) mass is 241 g/mol. The molecule has 0 aromatic carbocycles. The van der Waals surface area contributed by atoms with Crippen LogP contribution in [0.3, 0.4) is 0 Å². The number of aryl methyl sites for hydroxylation is 1. The van der Waals surface area contributed by atoms with E-state index in [1.165, 1.54) is 25.7 Å². The highest BCUT2D eigenvalue weighted by Crippen LogP contribution is 2.29. The number of nitrogens with zero attached hydrogens (tertiary/aromatic N) is 3. The molecular formula is C12H20ClN3. The average molecular weight is 242 g/mol. The highest BCUT2D eigenvalue weighted by Gasteiger charge is 2.23. The molecule has 0 spiro atoms. The molecule has 1 aromatic rings. The highest BCUT2D eigenvalue weighted by molar-refractivity contribution is 6.20. The lowest BCUT2D eigenvalue weighted by Crippen LogP contribution is -2.18. The predicted molar refractivity (Wildman–Crippen MR) is 65.6 cm³/mol. The lowest BCUT2D eigenvalue weighted by molar-refractivity contribution is 0.440. The smallest absolute Gasteiger partial charge is 0.138 e. The van der Waals surface area contributed by atoms with Gasteiger partial charge in [-0.15, -0.1) is 11.6 Å². The predicted octanol–water partition coefficient (Wildman–Crippen LogP) is 3.03. The van der Waals surface area contributed by atoms with E-state index in [2.05, 4.69) is 17.0 Å². The molecule has 1 aromatic heterocycles. The lowest BCUT2D eigenvalue weighted by atomic mass is 9.96. The third-order valence-corrected chi connectivity index (χ3v) is 4.08. The SMILES string of the molecule is CCn1ncnc1CC1CCCCCC1Cl.